The summed E-state index contributed by atoms with van der Waals surface area (Å²) in [6.45, 7) is 7.54. The van der Waals surface area contributed by atoms with E-state index in [4.69, 9.17) is 4.74 Å². The highest BCUT2D eigenvalue weighted by molar-refractivity contribution is 5.32. The average Bonchev–Trinajstić information content (AvgIpc) is 2.33. The van der Waals surface area contributed by atoms with Gasteiger partial charge in [0, 0.05) is 6.54 Å². The summed E-state index contributed by atoms with van der Waals surface area (Å²) in [5.74, 6) is 1.42. The maximum atomic E-state index is 5.92. The van der Waals surface area contributed by atoms with Gasteiger partial charge in [-0.2, -0.15) is 4.98 Å². The van der Waals surface area contributed by atoms with Crippen LogP contribution < -0.4 is 10.1 Å². The second-order valence-electron chi connectivity index (χ2n) is 5.75. The summed E-state index contributed by atoms with van der Waals surface area (Å²) in [5.41, 5.74) is 0.469. The largest absolute Gasteiger partial charge is 0.473 e. The molecule has 0 atom stereocenters. The van der Waals surface area contributed by atoms with Gasteiger partial charge in [-0.1, -0.05) is 13.8 Å². The number of hydrogen-bond acceptors (Lipinski definition) is 4. The summed E-state index contributed by atoms with van der Waals surface area (Å²) in [6, 6.07) is 0. The molecule has 1 heterocycles. The fraction of sp³-hybridized carbons (Fsp3) is 0.714. The minimum absolute atomic E-state index is 0.296. The molecule has 1 aromatic heterocycles. The molecule has 0 radical (unpaired) electrons. The average molecular weight is 249 g/mol. The fourth-order valence-corrected chi connectivity index (χ4v) is 2.33. The first-order chi connectivity index (χ1) is 8.59. The van der Waals surface area contributed by atoms with E-state index < -0.39 is 0 Å². The van der Waals surface area contributed by atoms with Crippen molar-refractivity contribution in [1.29, 1.82) is 0 Å². The molecule has 1 aliphatic carbocycles. The van der Waals surface area contributed by atoms with Gasteiger partial charge < -0.3 is 10.1 Å². The first kappa shape index (κ1) is 13.1. The third kappa shape index (κ3) is 3.59. The molecule has 100 valence electrons. The van der Waals surface area contributed by atoms with Crippen LogP contribution in [0.1, 0.15) is 46.5 Å². The molecule has 2 rings (SSSR count). The molecule has 18 heavy (non-hydrogen) atoms. The van der Waals surface area contributed by atoms with Crippen molar-refractivity contribution in [1.82, 2.24) is 9.97 Å². The highest BCUT2D eigenvalue weighted by Gasteiger charge is 2.28. The Morgan fingerprint density at radius 1 is 1.33 bits per heavy atom. The Bertz CT molecular complexity index is 382. The summed E-state index contributed by atoms with van der Waals surface area (Å²) in [5, 5.41) is 3.14. The molecule has 0 unspecified atom stereocenters. The third-order valence-electron chi connectivity index (χ3n) is 3.54. The van der Waals surface area contributed by atoms with Gasteiger partial charge in [0.25, 0.3) is 0 Å². The first-order valence-electron chi connectivity index (χ1n) is 6.82. The van der Waals surface area contributed by atoms with Crippen molar-refractivity contribution >= 4 is 5.82 Å². The van der Waals surface area contributed by atoms with Gasteiger partial charge in [-0.25, -0.2) is 0 Å². The van der Waals surface area contributed by atoms with Crippen molar-refractivity contribution < 1.29 is 4.74 Å². The van der Waals surface area contributed by atoms with Crippen LogP contribution in [0.4, 0.5) is 5.82 Å². The Balaban J connectivity index is 1.91. The number of ether oxygens (including phenoxy) is 1. The normalized spacial score (nSPS) is 19.5. The fourth-order valence-electron chi connectivity index (χ4n) is 2.33. The molecule has 1 saturated carbocycles. The summed E-state index contributed by atoms with van der Waals surface area (Å²) in [4.78, 5) is 8.54. The standard InChI is InChI=1S/C14H23N3O/c1-4-16-12-9-15-10-13(17-12)18-11-5-7-14(2,3)8-6-11/h9-11H,4-8H2,1-3H3,(H,16,17). The summed E-state index contributed by atoms with van der Waals surface area (Å²) < 4.78 is 5.92. The van der Waals surface area contributed by atoms with Crippen LogP contribution in [0.3, 0.4) is 0 Å². The maximum absolute atomic E-state index is 5.92. The Morgan fingerprint density at radius 2 is 2.06 bits per heavy atom. The van der Waals surface area contributed by atoms with E-state index in [1.807, 2.05) is 6.92 Å². The summed E-state index contributed by atoms with van der Waals surface area (Å²) >= 11 is 0. The van der Waals surface area contributed by atoms with E-state index in [1.54, 1.807) is 12.4 Å². The molecule has 0 amide bonds. The minimum Gasteiger partial charge on any atom is -0.473 e. The van der Waals surface area contributed by atoms with Gasteiger partial charge in [0.1, 0.15) is 11.9 Å². The zero-order chi connectivity index (χ0) is 13.0. The van der Waals surface area contributed by atoms with E-state index in [0.717, 1.165) is 25.2 Å². The molecular weight excluding hydrogens is 226 g/mol. The summed E-state index contributed by atoms with van der Waals surface area (Å²) in [7, 11) is 0. The summed E-state index contributed by atoms with van der Waals surface area (Å²) in [6.07, 6.45) is 8.38. The molecule has 1 fully saturated rings. The van der Waals surface area contributed by atoms with Gasteiger partial charge in [-0.05, 0) is 38.0 Å². The van der Waals surface area contributed by atoms with Gasteiger partial charge in [0.2, 0.25) is 5.88 Å². The van der Waals surface area contributed by atoms with Crippen molar-refractivity contribution in [2.45, 2.75) is 52.6 Å². The number of rotatable bonds is 4. The number of aromatic nitrogens is 2. The first-order valence-corrected chi connectivity index (χ1v) is 6.82. The van der Waals surface area contributed by atoms with Gasteiger partial charge in [-0.3, -0.25) is 4.98 Å². The lowest BCUT2D eigenvalue weighted by Gasteiger charge is -2.34. The molecule has 1 aromatic rings. The van der Waals surface area contributed by atoms with E-state index in [1.165, 1.54) is 12.8 Å². The molecule has 0 bridgehead atoms. The Kier molecular flexibility index (Phi) is 4.04. The molecule has 0 aromatic carbocycles. The van der Waals surface area contributed by atoms with Crippen molar-refractivity contribution in [2.24, 2.45) is 5.41 Å². The molecule has 4 heteroatoms. The van der Waals surface area contributed by atoms with E-state index in [9.17, 15) is 0 Å². The molecule has 4 nitrogen and oxygen atoms in total. The molecule has 0 saturated heterocycles. The second-order valence-corrected chi connectivity index (χ2v) is 5.75. The Hall–Kier alpha value is -1.32. The van der Waals surface area contributed by atoms with E-state index >= 15 is 0 Å². The predicted molar refractivity (Wildman–Crippen MR) is 72.9 cm³/mol. The predicted octanol–water partition coefficient (Wildman–Crippen LogP) is 3.26. The van der Waals surface area contributed by atoms with E-state index in [2.05, 4.69) is 29.1 Å². The number of nitrogens with zero attached hydrogens (tertiary/aromatic N) is 2. The smallest absolute Gasteiger partial charge is 0.234 e. The van der Waals surface area contributed by atoms with Crippen LogP contribution >= 0.6 is 0 Å². The van der Waals surface area contributed by atoms with Gasteiger partial charge in [0.05, 0.1) is 12.4 Å². The van der Waals surface area contributed by atoms with Gasteiger partial charge in [-0.15, -0.1) is 0 Å². The quantitative estimate of drug-likeness (QED) is 0.889. The number of nitrogens with one attached hydrogen (secondary N) is 1. The van der Waals surface area contributed by atoms with Crippen LogP contribution in [0.2, 0.25) is 0 Å². The topological polar surface area (TPSA) is 47.0 Å². The molecule has 0 aliphatic heterocycles. The highest BCUT2D eigenvalue weighted by Crippen LogP contribution is 2.36. The number of hydrogen-bond donors (Lipinski definition) is 1. The molecule has 0 spiro atoms. The maximum Gasteiger partial charge on any atom is 0.234 e. The third-order valence-corrected chi connectivity index (χ3v) is 3.54. The molecule has 1 N–H and O–H groups in total. The van der Waals surface area contributed by atoms with Crippen LogP contribution in [-0.4, -0.2) is 22.6 Å². The van der Waals surface area contributed by atoms with Crippen molar-refractivity contribution in [3.05, 3.63) is 12.4 Å². The molecule has 1 aliphatic rings. The minimum atomic E-state index is 0.296. The Labute approximate surface area is 109 Å². The van der Waals surface area contributed by atoms with Crippen molar-refractivity contribution in [2.75, 3.05) is 11.9 Å². The van der Waals surface area contributed by atoms with Crippen molar-refractivity contribution in [3.63, 3.8) is 0 Å². The van der Waals surface area contributed by atoms with Crippen LogP contribution in [0.25, 0.3) is 0 Å². The van der Waals surface area contributed by atoms with E-state index in [-0.39, 0.29) is 0 Å². The Morgan fingerprint density at radius 3 is 2.72 bits per heavy atom. The lowest BCUT2D eigenvalue weighted by molar-refractivity contribution is 0.0947. The second kappa shape index (κ2) is 5.55. The van der Waals surface area contributed by atoms with Gasteiger partial charge in [0.15, 0.2) is 0 Å². The SMILES string of the molecule is CCNc1cncc(OC2CCC(C)(C)CC2)n1. The lowest BCUT2D eigenvalue weighted by Crippen LogP contribution is -2.28. The zero-order valence-electron chi connectivity index (χ0n) is 11.6. The number of anilines is 1. The lowest BCUT2D eigenvalue weighted by atomic mass is 9.76. The van der Waals surface area contributed by atoms with Crippen LogP contribution in [0.5, 0.6) is 5.88 Å². The van der Waals surface area contributed by atoms with E-state index in [0.29, 0.717) is 17.4 Å². The van der Waals surface area contributed by atoms with Crippen molar-refractivity contribution in [3.8, 4) is 5.88 Å². The van der Waals surface area contributed by atoms with Crippen LogP contribution in [0, 0.1) is 5.41 Å². The zero-order valence-corrected chi connectivity index (χ0v) is 11.6. The molecular formula is C14H23N3O. The van der Waals surface area contributed by atoms with Gasteiger partial charge >= 0.3 is 0 Å². The monoisotopic (exact) mass is 249 g/mol. The highest BCUT2D eigenvalue weighted by atomic mass is 16.5. The van der Waals surface area contributed by atoms with Crippen LogP contribution in [-0.2, 0) is 0 Å². The van der Waals surface area contributed by atoms with Crippen LogP contribution in [0.15, 0.2) is 12.4 Å².